The van der Waals surface area contributed by atoms with Crippen molar-refractivity contribution in [1.29, 1.82) is 0 Å². The number of benzene rings is 1. The van der Waals surface area contributed by atoms with E-state index in [4.69, 9.17) is 16.3 Å². The predicted molar refractivity (Wildman–Crippen MR) is 120 cm³/mol. The van der Waals surface area contributed by atoms with Gasteiger partial charge in [-0.1, -0.05) is 29.8 Å². The van der Waals surface area contributed by atoms with E-state index in [0.717, 1.165) is 0 Å². The van der Waals surface area contributed by atoms with Crippen molar-refractivity contribution in [1.82, 2.24) is 16.0 Å². The van der Waals surface area contributed by atoms with Crippen molar-refractivity contribution in [2.24, 2.45) is 4.99 Å². The van der Waals surface area contributed by atoms with E-state index < -0.39 is 17.8 Å². The van der Waals surface area contributed by atoms with Crippen LogP contribution in [0.2, 0.25) is 5.02 Å². The molecule has 0 aliphatic rings. The first kappa shape index (κ1) is 25.7. The van der Waals surface area contributed by atoms with Gasteiger partial charge in [-0.05, 0) is 33.8 Å². The molecular weight excluding hydrogens is 483 g/mol. The Morgan fingerprint density at radius 1 is 1.22 bits per heavy atom. The van der Waals surface area contributed by atoms with Crippen LogP contribution >= 0.6 is 35.6 Å². The lowest BCUT2D eigenvalue weighted by Crippen LogP contribution is -2.42. The maximum absolute atomic E-state index is 11.6. The van der Waals surface area contributed by atoms with Gasteiger partial charge < -0.3 is 25.8 Å². The van der Waals surface area contributed by atoms with Crippen LogP contribution in [0.25, 0.3) is 0 Å². The van der Waals surface area contributed by atoms with Gasteiger partial charge in [0.1, 0.15) is 11.7 Å². The van der Waals surface area contributed by atoms with Gasteiger partial charge in [0.05, 0.1) is 6.54 Å². The Morgan fingerprint density at radius 2 is 1.85 bits per heavy atom. The second-order valence-electron chi connectivity index (χ2n) is 6.61. The summed E-state index contributed by atoms with van der Waals surface area (Å²) in [4.78, 5) is 15.9. The lowest BCUT2D eigenvalue weighted by molar-refractivity contribution is 0.0529. The number of nitrogens with zero attached hydrogens (tertiary/aromatic N) is 1. The molecule has 0 spiro atoms. The Kier molecular flexibility index (Phi) is 12.4. The smallest absolute Gasteiger partial charge is 0.407 e. The minimum absolute atomic E-state index is 0. The molecule has 1 amide bonds. The van der Waals surface area contributed by atoms with Gasteiger partial charge in [-0.15, -0.1) is 24.0 Å². The zero-order valence-corrected chi connectivity index (χ0v) is 19.3. The summed E-state index contributed by atoms with van der Waals surface area (Å²) in [5, 5.41) is 19.6. The summed E-state index contributed by atoms with van der Waals surface area (Å²) in [5.74, 6) is 0.546. The molecule has 0 aromatic heterocycles. The maximum Gasteiger partial charge on any atom is 0.407 e. The van der Waals surface area contributed by atoms with E-state index in [1.54, 1.807) is 12.1 Å². The fourth-order valence-electron chi connectivity index (χ4n) is 2.02. The quantitative estimate of drug-likeness (QED) is 0.195. The van der Waals surface area contributed by atoms with Crippen LogP contribution in [-0.2, 0) is 4.74 Å². The number of aliphatic imine (C=N–C) groups is 1. The first-order valence-corrected chi connectivity index (χ1v) is 9.02. The van der Waals surface area contributed by atoms with Crippen LogP contribution in [-0.4, -0.2) is 48.9 Å². The van der Waals surface area contributed by atoms with Crippen molar-refractivity contribution in [3.8, 4) is 0 Å². The SMILES string of the molecule is CCNC(=NCC(O)c1ccccc1Cl)NCCNC(=O)OC(C)(C)C.I. The van der Waals surface area contributed by atoms with Gasteiger partial charge in [0, 0.05) is 30.2 Å². The third-order valence-electron chi connectivity index (χ3n) is 3.12. The second-order valence-corrected chi connectivity index (χ2v) is 7.02. The van der Waals surface area contributed by atoms with Crippen LogP contribution in [0.4, 0.5) is 4.79 Å². The Balaban J connectivity index is 0.00000676. The summed E-state index contributed by atoms with van der Waals surface area (Å²) >= 11 is 6.08. The third-order valence-corrected chi connectivity index (χ3v) is 3.46. The number of aliphatic hydroxyl groups is 1. The minimum atomic E-state index is -0.793. The number of guanidine groups is 1. The number of aliphatic hydroxyl groups excluding tert-OH is 1. The van der Waals surface area contributed by atoms with Gasteiger partial charge in [-0.2, -0.15) is 0 Å². The molecule has 27 heavy (non-hydrogen) atoms. The first-order valence-electron chi connectivity index (χ1n) is 8.64. The molecule has 1 rings (SSSR count). The summed E-state index contributed by atoms with van der Waals surface area (Å²) in [5.41, 5.74) is 0.114. The highest BCUT2D eigenvalue weighted by molar-refractivity contribution is 14.0. The van der Waals surface area contributed by atoms with Crippen LogP contribution in [0.1, 0.15) is 39.4 Å². The number of carbonyl (C=O) groups is 1. The Bertz CT molecular complexity index is 609. The second kappa shape index (κ2) is 13.0. The summed E-state index contributed by atoms with van der Waals surface area (Å²) in [7, 11) is 0. The van der Waals surface area contributed by atoms with E-state index in [9.17, 15) is 9.90 Å². The molecular formula is C18H30ClIN4O3. The molecule has 1 unspecified atom stereocenters. The zero-order chi connectivity index (χ0) is 19.6. The molecule has 4 N–H and O–H groups in total. The number of ether oxygens (including phenoxy) is 1. The van der Waals surface area contributed by atoms with Crippen LogP contribution in [0.5, 0.6) is 0 Å². The van der Waals surface area contributed by atoms with Crippen LogP contribution < -0.4 is 16.0 Å². The minimum Gasteiger partial charge on any atom is -0.444 e. The van der Waals surface area contributed by atoms with E-state index in [1.807, 2.05) is 39.8 Å². The lowest BCUT2D eigenvalue weighted by atomic mass is 10.1. The van der Waals surface area contributed by atoms with E-state index in [1.165, 1.54) is 0 Å². The molecule has 154 valence electrons. The maximum atomic E-state index is 11.6. The van der Waals surface area contributed by atoms with Gasteiger partial charge in [-0.3, -0.25) is 4.99 Å². The zero-order valence-electron chi connectivity index (χ0n) is 16.2. The fourth-order valence-corrected chi connectivity index (χ4v) is 2.28. The van der Waals surface area contributed by atoms with E-state index in [2.05, 4.69) is 20.9 Å². The highest BCUT2D eigenvalue weighted by Gasteiger charge is 2.15. The van der Waals surface area contributed by atoms with Gasteiger partial charge in [0.15, 0.2) is 5.96 Å². The highest BCUT2D eigenvalue weighted by Crippen LogP contribution is 2.22. The molecule has 1 atom stereocenters. The number of halogens is 2. The van der Waals surface area contributed by atoms with Gasteiger partial charge >= 0.3 is 6.09 Å². The van der Waals surface area contributed by atoms with Crippen molar-refractivity contribution in [3.05, 3.63) is 34.9 Å². The fraction of sp³-hybridized carbons (Fsp3) is 0.556. The molecule has 0 aliphatic heterocycles. The van der Waals surface area contributed by atoms with Crippen LogP contribution in [0.15, 0.2) is 29.3 Å². The van der Waals surface area contributed by atoms with Gasteiger partial charge in [0.2, 0.25) is 0 Å². The number of rotatable bonds is 7. The molecule has 1 aromatic rings. The molecule has 0 bridgehead atoms. The number of alkyl carbamates (subject to hydrolysis) is 1. The molecule has 0 fully saturated rings. The van der Waals surface area contributed by atoms with E-state index >= 15 is 0 Å². The van der Waals surface area contributed by atoms with Crippen molar-refractivity contribution < 1.29 is 14.6 Å². The molecule has 0 aliphatic carbocycles. The molecule has 0 saturated heterocycles. The monoisotopic (exact) mass is 512 g/mol. The standard InChI is InChI=1S/C18H29ClN4O3.HI/c1-5-20-16(21-10-11-22-17(25)26-18(2,3)4)23-12-15(24)13-8-6-7-9-14(13)19;/h6-9,15,24H,5,10-12H2,1-4H3,(H,22,25)(H2,20,21,23);1H. The van der Waals surface area contributed by atoms with Crippen LogP contribution in [0.3, 0.4) is 0 Å². The first-order chi connectivity index (χ1) is 12.2. The average Bonchev–Trinajstić information content (AvgIpc) is 2.55. The molecule has 0 heterocycles. The molecule has 1 aromatic carbocycles. The number of amides is 1. The third kappa shape index (κ3) is 11.2. The van der Waals surface area contributed by atoms with Gasteiger partial charge in [-0.25, -0.2) is 4.79 Å². The number of nitrogens with one attached hydrogen (secondary N) is 3. The summed E-state index contributed by atoms with van der Waals surface area (Å²) in [6.07, 6.45) is -1.26. The number of carbonyl (C=O) groups excluding carboxylic acids is 1. The predicted octanol–water partition coefficient (Wildman–Crippen LogP) is 3.07. The van der Waals surface area contributed by atoms with E-state index in [0.29, 0.717) is 36.2 Å². The Hall–Kier alpha value is -1.26. The Morgan fingerprint density at radius 3 is 2.44 bits per heavy atom. The van der Waals surface area contributed by atoms with Crippen molar-refractivity contribution in [3.63, 3.8) is 0 Å². The largest absolute Gasteiger partial charge is 0.444 e. The summed E-state index contributed by atoms with van der Waals surface area (Å²) in [6, 6.07) is 7.13. The molecule has 0 saturated carbocycles. The average molecular weight is 513 g/mol. The lowest BCUT2D eigenvalue weighted by Gasteiger charge is -2.20. The molecule has 7 nitrogen and oxygen atoms in total. The van der Waals surface area contributed by atoms with Crippen molar-refractivity contribution in [2.45, 2.75) is 39.4 Å². The summed E-state index contributed by atoms with van der Waals surface area (Å²) < 4.78 is 5.16. The number of hydrogen-bond acceptors (Lipinski definition) is 4. The Labute approximate surface area is 183 Å². The highest BCUT2D eigenvalue weighted by atomic mass is 127. The van der Waals surface area contributed by atoms with Crippen molar-refractivity contribution >= 4 is 47.6 Å². The van der Waals surface area contributed by atoms with E-state index in [-0.39, 0.29) is 30.5 Å². The topological polar surface area (TPSA) is 95.0 Å². The van der Waals surface area contributed by atoms with Crippen LogP contribution in [0, 0.1) is 0 Å². The number of hydrogen-bond donors (Lipinski definition) is 4. The summed E-state index contributed by atoms with van der Waals surface area (Å²) in [6.45, 7) is 9.06. The van der Waals surface area contributed by atoms with Crippen molar-refractivity contribution in [2.75, 3.05) is 26.2 Å². The normalized spacial score (nSPS) is 12.6. The molecule has 9 heteroatoms. The molecule has 0 radical (unpaired) electrons. The van der Waals surface area contributed by atoms with Gasteiger partial charge in [0.25, 0.3) is 0 Å².